The van der Waals surface area contributed by atoms with Crippen molar-refractivity contribution in [2.45, 2.75) is 50.1 Å². The molecule has 2 aliphatic rings. The standard InChI is InChI=1S/C21H28N4O4S/c22-10-4-12-30(27,28)25-11-9-17(13-19(25)15-5-2-1-3-6-15)23-21(26)18-14-20(29-24-18)16-7-8-16/h1-3,5-6,14,16-17,19H,4,7-13,22H2,(H,23,26). The SMILES string of the molecule is NCCCS(=O)(=O)N1CCC(NC(=O)c2cc(C3CC3)on2)CC1c1ccccc1. The van der Waals surface area contributed by atoms with E-state index in [2.05, 4.69) is 10.5 Å². The molecule has 2 heterocycles. The maximum atomic E-state index is 12.9. The number of nitrogens with two attached hydrogens (primary N) is 1. The highest BCUT2D eigenvalue weighted by molar-refractivity contribution is 7.89. The van der Waals surface area contributed by atoms with Crippen LogP contribution in [0.5, 0.6) is 0 Å². The van der Waals surface area contributed by atoms with Crippen LogP contribution in [0.25, 0.3) is 0 Å². The van der Waals surface area contributed by atoms with Gasteiger partial charge in [-0.15, -0.1) is 0 Å². The predicted molar refractivity (Wildman–Crippen MR) is 112 cm³/mol. The van der Waals surface area contributed by atoms with Gasteiger partial charge >= 0.3 is 0 Å². The van der Waals surface area contributed by atoms with Crippen molar-refractivity contribution in [1.29, 1.82) is 0 Å². The van der Waals surface area contributed by atoms with Gasteiger partial charge in [0.1, 0.15) is 5.76 Å². The zero-order valence-corrected chi connectivity index (χ0v) is 17.7. The van der Waals surface area contributed by atoms with Crippen LogP contribution in [0.2, 0.25) is 0 Å². The van der Waals surface area contributed by atoms with Crippen LogP contribution >= 0.6 is 0 Å². The third-order valence-corrected chi connectivity index (χ3v) is 7.73. The van der Waals surface area contributed by atoms with Crippen molar-refractivity contribution < 1.29 is 17.7 Å². The van der Waals surface area contributed by atoms with Crippen molar-refractivity contribution in [2.24, 2.45) is 5.73 Å². The summed E-state index contributed by atoms with van der Waals surface area (Å²) in [7, 11) is -3.43. The maximum Gasteiger partial charge on any atom is 0.273 e. The lowest BCUT2D eigenvalue weighted by atomic mass is 9.93. The van der Waals surface area contributed by atoms with E-state index in [4.69, 9.17) is 10.3 Å². The molecule has 0 spiro atoms. The van der Waals surface area contributed by atoms with E-state index in [9.17, 15) is 13.2 Å². The quantitative estimate of drug-likeness (QED) is 0.660. The van der Waals surface area contributed by atoms with Gasteiger partial charge in [-0.1, -0.05) is 35.5 Å². The monoisotopic (exact) mass is 432 g/mol. The second-order valence-corrected chi connectivity index (χ2v) is 10.1. The summed E-state index contributed by atoms with van der Waals surface area (Å²) in [6, 6.07) is 10.8. The first-order valence-electron chi connectivity index (χ1n) is 10.5. The van der Waals surface area contributed by atoms with Crippen molar-refractivity contribution in [2.75, 3.05) is 18.8 Å². The number of nitrogens with zero attached hydrogens (tertiary/aromatic N) is 2. The average molecular weight is 433 g/mol. The Hall–Kier alpha value is -2.23. The normalized spacial score (nSPS) is 22.7. The molecule has 2 unspecified atom stereocenters. The lowest BCUT2D eigenvalue weighted by Crippen LogP contribution is -2.48. The summed E-state index contributed by atoms with van der Waals surface area (Å²) in [5, 5.41) is 6.92. The molecule has 9 heteroatoms. The average Bonchev–Trinajstić information content (AvgIpc) is 3.49. The largest absolute Gasteiger partial charge is 0.360 e. The third kappa shape index (κ3) is 4.74. The summed E-state index contributed by atoms with van der Waals surface area (Å²) in [5.74, 6) is 0.917. The number of carbonyl (C=O) groups is 1. The number of rotatable bonds is 8. The lowest BCUT2D eigenvalue weighted by molar-refractivity contribution is 0.0902. The molecule has 2 atom stereocenters. The summed E-state index contributed by atoms with van der Waals surface area (Å²) in [6.45, 7) is 0.686. The van der Waals surface area contributed by atoms with Gasteiger partial charge in [0, 0.05) is 24.6 Å². The summed E-state index contributed by atoms with van der Waals surface area (Å²) >= 11 is 0. The molecule has 1 saturated heterocycles. The van der Waals surface area contributed by atoms with E-state index in [0.717, 1.165) is 24.2 Å². The van der Waals surface area contributed by atoms with Gasteiger partial charge in [0.2, 0.25) is 10.0 Å². The van der Waals surface area contributed by atoms with E-state index in [1.165, 1.54) is 0 Å². The second-order valence-electron chi connectivity index (χ2n) is 8.08. The van der Waals surface area contributed by atoms with E-state index in [0.29, 0.717) is 38.3 Å². The first-order chi connectivity index (χ1) is 14.5. The second kappa shape index (κ2) is 8.87. The van der Waals surface area contributed by atoms with Gasteiger partial charge in [-0.05, 0) is 44.2 Å². The summed E-state index contributed by atoms with van der Waals surface area (Å²) in [4.78, 5) is 12.7. The van der Waals surface area contributed by atoms with Gasteiger partial charge in [0.25, 0.3) is 5.91 Å². The van der Waals surface area contributed by atoms with Crippen molar-refractivity contribution in [3.8, 4) is 0 Å². The molecular weight excluding hydrogens is 404 g/mol. The molecule has 3 N–H and O–H groups in total. The Morgan fingerprint density at radius 3 is 2.70 bits per heavy atom. The van der Waals surface area contributed by atoms with Gasteiger partial charge in [-0.2, -0.15) is 4.31 Å². The van der Waals surface area contributed by atoms with Crippen LogP contribution in [-0.2, 0) is 10.0 Å². The summed E-state index contributed by atoms with van der Waals surface area (Å²) < 4.78 is 32.7. The highest BCUT2D eigenvalue weighted by Crippen LogP contribution is 2.40. The molecule has 1 aromatic heterocycles. The Morgan fingerprint density at radius 2 is 2.00 bits per heavy atom. The van der Waals surface area contributed by atoms with Crippen molar-refractivity contribution in [1.82, 2.24) is 14.8 Å². The highest BCUT2D eigenvalue weighted by atomic mass is 32.2. The Kier molecular flexibility index (Phi) is 6.21. The molecule has 2 aromatic rings. The van der Waals surface area contributed by atoms with Gasteiger partial charge in [-0.3, -0.25) is 4.79 Å². The van der Waals surface area contributed by atoms with E-state index < -0.39 is 10.0 Å². The van der Waals surface area contributed by atoms with Crippen molar-refractivity contribution in [3.05, 3.63) is 53.4 Å². The number of benzene rings is 1. The molecule has 8 nitrogen and oxygen atoms in total. The molecule has 1 amide bonds. The van der Waals surface area contributed by atoms with E-state index in [1.54, 1.807) is 10.4 Å². The molecule has 1 aromatic carbocycles. The van der Waals surface area contributed by atoms with E-state index >= 15 is 0 Å². The molecule has 1 aliphatic heterocycles. The first kappa shape index (κ1) is 21.0. The van der Waals surface area contributed by atoms with Crippen LogP contribution in [0, 0.1) is 0 Å². The molecule has 2 fully saturated rings. The number of piperidine rings is 1. The van der Waals surface area contributed by atoms with Crippen LogP contribution in [0.15, 0.2) is 40.9 Å². The zero-order chi connectivity index (χ0) is 21.1. The van der Waals surface area contributed by atoms with Crippen LogP contribution in [0.1, 0.15) is 65.9 Å². The number of carbonyl (C=O) groups excluding carboxylic acids is 1. The van der Waals surface area contributed by atoms with Crippen LogP contribution in [0.3, 0.4) is 0 Å². The van der Waals surface area contributed by atoms with E-state index in [-0.39, 0.29) is 29.4 Å². The Morgan fingerprint density at radius 1 is 1.23 bits per heavy atom. The van der Waals surface area contributed by atoms with Gasteiger partial charge in [0.05, 0.1) is 11.8 Å². The summed E-state index contributed by atoms with van der Waals surface area (Å²) in [6.07, 6.45) is 3.63. The van der Waals surface area contributed by atoms with Crippen LogP contribution in [0.4, 0.5) is 0 Å². The molecule has 0 radical (unpaired) electrons. The Bertz CT molecular complexity index is 972. The fraction of sp³-hybridized carbons (Fsp3) is 0.524. The molecule has 0 bridgehead atoms. The number of nitrogens with one attached hydrogen (secondary N) is 1. The number of sulfonamides is 1. The summed E-state index contributed by atoms with van der Waals surface area (Å²) in [5.41, 5.74) is 6.73. The minimum atomic E-state index is -3.43. The fourth-order valence-corrected chi connectivity index (χ4v) is 5.73. The van der Waals surface area contributed by atoms with Gasteiger partial charge < -0.3 is 15.6 Å². The van der Waals surface area contributed by atoms with Crippen LogP contribution in [-0.4, -0.2) is 48.7 Å². The van der Waals surface area contributed by atoms with Gasteiger partial charge in [0.15, 0.2) is 5.69 Å². The Labute approximate surface area is 176 Å². The highest BCUT2D eigenvalue weighted by Gasteiger charge is 2.37. The minimum absolute atomic E-state index is 0.0345. The molecule has 1 saturated carbocycles. The van der Waals surface area contributed by atoms with Crippen LogP contribution < -0.4 is 11.1 Å². The molecule has 4 rings (SSSR count). The fourth-order valence-electron chi connectivity index (χ4n) is 3.98. The lowest BCUT2D eigenvalue weighted by Gasteiger charge is -2.39. The molecular formula is C21H28N4O4S. The molecule has 30 heavy (non-hydrogen) atoms. The number of aromatic nitrogens is 1. The maximum absolute atomic E-state index is 12.9. The number of hydrogen-bond donors (Lipinski definition) is 2. The molecule has 162 valence electrons. The Balaban J connectivity index is 1.48. The van der Waals surface area contributed by atoms with Crippen molar-refractivity contribution >= 4 is 15.9 Å². The first-order valence-corrected chi connectivity index (χ1v) is 12.1. The number of amides is 1. The number of hydrogen-bond acceptors (Lipinski definition) is 6. The minimum Gasteiger partial charge on any atom is -0.360 e. The van der Waals surface area contributed by atoms with E-state index in [1.807, 2.05) is 30.3 Å². The van der Waals surface area contributed by atoms with Crippen molar-refractivity contribution in [3.63, 3.8) is 0 Å². The topological polar surface area (TPSA) is 119 Å². The third-order valence-electron chi connectivity index (χ3n) is 5.78. The molecule has 1 aliphatic carbocycles. The zero-order valence-electron chi connectivity index (χ0n) is 16.9. The van der Waals surface area contributed by atoms with Gasteiger partial charge in [-0.25, -0.2) is 8.42 Å². The predicted octanol–water partition coefficient (Wildman–Crippen LogP) is 2.17. The smallest absolute Gasteiger partial charge is 0.273 e.